The van der Waals surface area contributed by atoms with E-state index in [0.717, 1.165) is 25.4 Å². The maximum Gasteiger partial charge on any atom is 0.261 e. The van der Waals surface area contributed by atoms with E-state index in [2.05, 4.69) is 6.92 Å². The number of rotatable bonds is 5. The zero-order chi connectivity index (χ0) is 15.7. The minimum atomic E-state index is -0.298. The molecule has 2 aliphatic heterocycles. The first-order chi connectivity index (χ1) is 10.5. The molecule has 2 amide bonds. The second-order valence-corrected chi connectivity index (χ2v) is 5.94. The molecule has 0 spiro atoms. The molecule has 0 N–H and O–H groups in total. The Kier molecular flexibility index (Phi) is 3.74. The van der Waals surface area contributed by atoms with Gasteiger partial charge in [-0.1, -0.05) is 6.92 Å². The van der Waals surface area contributed by atoms with Gasteiger partial charge >= 0.3 is 0 Å². The van der Waals surface area contributed by atoms with E-state index in [1.165, 1.54) is 11.0 Å². The quantitative estimate of drug-likeness (QED) is 0.783. The Morgan fingerprint density at radius 1 is 1.23 bits per heavy atom. The average molecular weight is 301 g/mol. The third kappa shape index (κ3) is 2.52. The summed E-state index contributed by atoms with van der Waals surface area (Å²) < 4.78 is 11.1. The van der Waals surface area contributed by atoms with Crippen molar-refractivity contribution in [2.24, 2.45) is 5.41 Å². The fourth-order valence-corrected chi connectivity index (χ4v) is 2.54. The zero-order valence-corrected chi connectivity index (χ0v) is 12.8. The minimum absolute atomic E-state index is 0.126. The molecule has 2 heterocycles. The lowest BCUT2D eigenvalue weighted by molar-refractivity contribution is -0.133. The molecule has 22 heavy (non-hydrogen) atoms. The normalized spacial score (nSPS) is 19.9. The van der Waals surface area contributed by atoms with Gasteiger partial charge in [0.25, 0.3) is 11.8 Å². The van der Waals surface area contributed by atoms with Crippen LogP contribution in [0.1, 0.15) is 20.3 Å². The minimum Gasteiger partial charge on any atom is -0.493 e. The van der Waals surface area contributed by atoms with Crippen molar-refractivity contribution in [2.45, 2.75) is 20.3 Å². The average Bonchev–Trinajstić information content (AvgIpc) is 2.72. The van der Waals surface area contributed by atoms with E-state index in [9.17, 15) is 9.59 Å². The molecule has 0 atom stereocenters. The molecular weight excluding hydrogens is 282 g/mol. The van der Waals surface area contributed by atoms with Crippen molar-refractivity contribution >= 4 is 17.5 Å². The van der Waals surface area contributed by atoms with Crippen molar-refractivity contribution in [3.8, 4) is 5.75 Å². The molecule has 5 heteroatoms. The van der Waals surface area contributed by atoms with E-state index in [0.29, 0.717) is 17.9 Å². The van der Waals surface area contributed by atoms with Crippen molar-refractivity contribution in [1.29, 1.82) is 0 Å². The van der Waals surface area contributed by atoms with Gasteiger partial charge in [-0.2, -0.15) is 0 Å². The summed E-state index contributed by atoms with van der Waals surface area (Å²) in [4.78, 5) is 24.9. The van der Waals surface area contributed by atoms with Gasteiger partial charge in [0.15, 0.2) is 0 Å². The number of carbonyl (C=O) groups is 2. The highest BCUT2D eigenvalue weighted by Gasteiger charge is 2.37. The zero-order valence-electron chi connectivity index (χ0n) is 12.8. The second-order valence-electron chi connectivity index (χ2n) is 5.94. The molecule has 5 nitrogen and oxygen atoms in total. The molecule has 1 saturated heterocycles. The van der Waals surface area contributed by atoms with Crippen molar-refractivity contribution < 1.29 is 19.1 Å². The lowest BCUT2D eigenvalue weighted by atomic mass is 9.84. The van der Waals surface area contributed by atoms with Crippen LogP contribution < -0.4 is 9.64 Å². The predicted octanol–water partition coefficient (Wildman–Crippen LogP) is 2.31. The summed E-state index contributed by atoms with van der Waals surface area (Å²) >= 11 is 0. The number of anilines is 1. The van der Waals surface area contributed by atoms with Gasteiger partial charge in [-0.05, 0) is 37.6 Å². The molecule has 116 valence electrons. The van der Waals surface area contributed by atoms with Gasteiger partial charge < -0.3 is 9.47 Å². The van der Waals surface area contributed by atoms with Gasteiger partial charge in [0.1, 0.15) is 5.75 Å². The Morgan fingerprint density at radius 3 is 2.36 bits per heavy atom. The smallest absolute Gasteiger partial charge is 0.261 e. The van der Waals surface area contributed by atoms with Crippen LogP contribution in [0.4, 0.5) is 5.69 Å². The molecule has 3 rings (SSSR count). The molecule has 1 fully saturated rings. The van der Waals surface area contributed by atoms with Crippen LogP contribution in [0.5, 0.6) is 5.75 Å². The topological polar surface area (TPSA) is 55.8 Å². The Balaban J connectivity index is 1.66. The van der Waals surface area contributed by atoms with Gasteiger partial charge in [-0.3, -0.25) is 9.59 Å². The maximum absolute atomic E-state index is 11.9. The molecule has 2 aliphatic rings. The van der Waals surface area contributed by atoms with E-state index in [1.54, 1.807) is 31.2 Å². The van der Waals surface area contributed by atoms with Crippen LogP contribution in [0.2, 0.25) is 0 Å². The highest BCUT2D eigenvalue weighted by Crippen LogP contribution is 2.32. The van der Waals surface area contributed by atoms with Crippen LogP contribution >= 0.6 is 0 Å². The van der Waals surface area contributed by atoms with Gasteiger partial charge in [0, 0.05) is 11.6 Å². The van der Waals surface area contributed by atoms with Crippen molar-refractivity contribution in [1.82, 2.24) is 0 Å². The first-order valence-electron chi connectivity index (χ1n) is 7.42. The number of hydrogen-bond donors (Lipinski definition) is 0. The summed E-state index contributed by atoms with van der Waals surface area (Å²) in [6, 6.07) is 7.03. The molecule has 0 bridgehead atoms. The Morgan fingerprint density at radius 2 is 1.91 bits per heavy atom. The van der Waals surface area contributed by atoms with Crippen LogP contribution in [-0.4, -0.2) is 31.6 Å². The molecule has 1 aromatic carbocycles. The molecule has 0 saturated carbocycles. The van der Waals surface area contributed by atoms with Gasteiger partial charge in [-0.25, -0.2) is 4.90 Å². The molecule has 0 unspecified atom stereocenters. The number of benzene rings is 1. The Labute approximate surface area is 129 Å². The van der Waals surface area contributed by atoms with Crippen LogP contribution in [0.15, 0.2) is 35.9 Å². The third-order valence-corrected chi connectivity index (χ3v) is 4.31. The SMILES string of the molecule is CCC1(COc2ccc(N3C(=O)C=C(C)C3=O)cc2)COC1. The number of amides is 2. The summed E-state index contributed by atoms with van der Waals surface area (Å²) in [6.45, 7) is 5.87. The van der Waals surface area contributed by atoms with E-state index in [1.807, 2.05) is 0 Å². The fraction of sp³-hybridized carbons (Fsp3) is 0.412. The largest absolute Gasteiger partial charge is 0.493 e. The first kappa shape index (κ1) is 14.8. The number of nitrogens with zero attached hydrogens (tertiary/aromatic N) is 1. The van der Waals surface area contributed by atoms with Crippen molar-refractivity contribution in [2.75, 3.05) is 24.7 Å². The third-order valence-electron chi connectivity index (χ3n) is 4.31. The highest BCUT2D eigenvalue weighted by molar-refractivity contribution is 6.30. The lowest BCUT2D eigenvalue weighted by Crippen LogP contribution is -2.46. The molecule has 0 aromatic heterocycles. The summed E-state index contributed by atoms with van der Waals surface area (Å²) in [5, 5.41) is 0. The fourth-order valence-electron chi connectivity index (χ4n) is 2.54. The number of carbonyl (C=O) groups excluding carboxylic acids is 2. The Hall–Kier alpha value is -2.14. The van der Waals surface area contributed by atoms with E-state index in [-0.39, 0.29) is 17.2 Å². The number of hydrogen-bond acceptors (Lipinski definition) is 4. The summed E-state index contributed by atoms with van der Waals surface area (Å²) in [7, 11) is 0. The van der Waals surface area contributed by atoms with Crippen LogP contribution in [-0.2, 0) is 14.3 Å². The van der Waals surface area contributed by atoms with Crippen molar-refractivity contribution in [3.63, 3.8) is 0 Å². The van der Waals surface area contributed by atoms with E-state index < -0.39 is 0 Å². The van der Waals surface area contributed by atoms with Crippen LogP contribution in [0.25, 0.3) is 0 Å². The highest BCUT2D eigenvalue weighted by atomic mass is 16.5. The molecule has 0 radical (unpaired) electrons. The number of imide groups is 1. The van der Waals surface area contributed by atoms with E-state index >= 15 is 0 Å². The standard InChI is InChI=1S/C17H19NO4/c1-3-17(9-21-10-17)11-22-14-6-4-13(5-7-14)18-15(19)8-12(2)16(18)20/h4-8H,3,9-11H2,1-2H3. The predicted molar refractivity (Wildman–Crippen MR) is 81.7 cm³/mol. The van der Waals surface area contributed by atoms with Crippen LogP contribution in [0.3, 0.4) is 0 Å². The van der Waals surface area contributed by atoms with Crippen molar-refractivity contribution in [3.05, 3.63) is 35.9 Å². The summed E-state index contributed by atoms with van der Waals surface area (Å²) in [5.74, 6) is 0.162. The maximum atomic E-state index is 11.9. The summed E-state index contributed by atoms with van der Waals surface area (Å²) in [6.07, 6.45) is 2.38. The van der Waals surface area contributed by atoms with Gasteiger partial charge in [-0.15, -0.1) is 0 Å². The first-order valence-corrected chi connectivity index (χ1v) is 7.42. The lowest BCUT2D eigenvalue weighted by Gasteiger charge is -2.40. The monoisotopic (exact) mass is 301 g/mol. The van der Waals surface area contributed by atoms with Gasteiger partial charge in [0.2, 0.25) is 0 Å². The summed E-state index contributed by atoms with van der Waals surface area (Å²) in [5.41, 5.74) is 1.15. The van der Waals surface area contributed by atoms with E-state index in [4.69, 9.17) is 9.47 Å². The van der Waals surface area contributed by atoms with Gasteiger partial charge in [0.05, 0.1) is 30.9 Å². The second kappa shape index (κ2) is 5.57. The number of ether oxygens (including phenoxy) is 2. The van der Waals surface area contributed by atoms with Crippen LogP contribution in [0, 0.1) is 5.41 Å². The Bertz CT molecular complexity index is 623. The molecule has 1 aromatic rings. The molecule has 0 aliphatic carbocycles. The molecular formula is C17H19NO4.